The highest BCUT2D eigenvalue weighted by Gasteiger charge is 2.18. The molecule has 26 heavy (non-hydrogen) atoms. The molecule has 0 aliphatic carbocycles. The summed E-state index contributed by atoms with van der Waals surface area (Å²) in [7, 11) is 0. The number of hydrogen-bond donors (Lipinski definition) is 3. The lowest BCUT2D eigenvalue weighted by Gasteiger charge is -2.23. The molecule has 136 valence electrons. The quantitative estimate of drug-likeness (QED) is 0.771. The number of nitrogens with zero attached hydrogens (tertiary/aromatic N) is 1. The second-order valence-electron chi connectivity index (χ2n) is 6.61. The predicted octanol–water partition coefficient (Wildman–Crippen LogP) is 2.37. The van der Waals surface area contributed by atoms with Gasteiger partial charge in [-0.05, 0) is 62.5 Å². The maximum absolute atomic E-state index is 12.7. The van der Waals surface area contributed by atoms with Gasteiger partial charge in [-0.25, -0.2) is 0 Å². The van der Waals surface area contributed by atoms with Crippen LogP contribution in [0.1, 0.15) is 39.1 Å². The Labute approximate surface area is 153 Å². The zero-order valence-electron chi connectivity index (χ0n) is 14.9. The number of aryl methyl sites for hydroxylation is 1. The van der Waals surface area contributed by atoms with Gasteiger partial charge < -0.3 is 16.0 Å². The van der Waals surface area contributed by atoms with E-state index in [1.54, 1.807) is 30.6 Å². The summed E-state index contributed by atoms with van der Waals surface area (Å²) in [4.78, 5) is 29.1. The van der Waals surface area contributed by atoms with Crippen molar-refractivity contribution in [3.8, 4) is 0 Å². The molecule has 1 saturated heterocycles. The second kappa shape index (κ2) is 8.58. The van der Waals surface area contributed by atoms with Gasteiger partial charge in [-0.3, -0.25) is 14.6 Å². The SMILES string of the molecule is Cc1cccc(C(=O)NCC2CCCNC2)c1NC(=O)c1ccncc1. The number of hydrogen-bond acceptors (Lipinski definition) is 4. The maximum Gasteiger partial charge on any atom is 0.255 e. The zero-order valence-corrected chi connectivity index (χ0v) is 14.9. The van der Waals surface area contributed by atoms with Crippen LogP contribution in [0.3, 0.4) is 0 Å². The van der Waals surface area contributed by atoms with Crippen molar-refractivity contribution < 1.29 is 9.59 Å². The summed E-state index contributed by atoms with van der Waals surface area (Å²) in [5.74, 6) is 0.0314. The van der Waals surface area contributed by atoms with E-state index in [-0.39, 0.29) is 11.8 Å². The first-order chi connectivity index (χ1) is 12.6. The van der Waals surface area contributed by atoms with E-state index in [0.29, 0.717) is 29.3 Å². The molecule has 0 spiro atoms. The number of aromatic nitrogens is 1. The summed E-state index contributed by atoms with van der Waals surface area (Å²) in [5, 5.41) is 9.23. The van der Waals surface area contributed by atoms with Crippen LogP contribution in [0.4, 0.5) is 5.69 Å². The number of amides is 2. The van der Waals surface area contributed by atoms with Crippen molar-refractivity contribution in [3.63, 3.8) is 0 Å². The van der Waals surface area contributed by atoms with Crippen LogP contribution < -0.4 is 16.0 Å². The van der Waals surface area contributed by atoms with Crippen LogP contribution >= 0.6 is 0 Å². The molecule has 0 bridgehead atoms. The van der Waals surface area contributed by atoms with Crippen LogP contribution in [0.25, 0.3) is 0 Å². The molecule has 3 N–H and O–H groups in total. The van der Waals surface area contributed by atoms with E-state index in [9.17, 15) is 9.59 Å². The molecule has 1 aromatic heterocycles. The maximum atomic E-state index is 12.7. The Morgan fingerprint density at radius 3 is 2.73 bits per heavy atom. The Morgan fingerprint density at radius 1 is 1.19 bits per heavy atom. The highest BCUT2D eigenvalue weighted by atomic mass is 16.2. The third kappa shape index (κ3) is 4.46. The number of para-hydroxylation sites is 1. The summed E-state index contributed by atoms with van der Waals surface area (Å²) >= 11 is 0. The topological polar surface area (TPSA) is 83.1 Å². The number of pyridine rings is 1. The van der Waals surface area contributed by atoms with Gasteiger partial charge in [0.2, 0.25) is 0 Å². The molecular weight excluding hydrogens is 328 g/mol. The summed E-state index contributed by atoms with van der Waals surface area (Å²) in [5.41, 5.74) is 2.38. The monoisotopic (exact) mass is 352 g/mol. The van der Waals surface area contributed by atoms with Gasteiger partial charge in [0.25, 0.3) is 11.8 Å². The van der Waals surface area contributed by atoms with E-state index in [1.165, 1.54) is 0 Å². The molecule has 6 heteroatoms. The van der Waals surface area contributed by atoms with Crippen molar-refractivity contribution in [1.82, 2.24) is 15.6 Å². The molecule has 0 radical (unpaired) electrons. The molecule has 2 aromatic rings. The Kier molecular flexibility index (Phi) is 5.96. The standard InChI is InChI=1S/C20H24N4O2/c1-14-4-2-6-17(20(26)23-13-15-5-3-9-22-12-15)18(14)24-19(25)16-7-10-21-11-8-16/h2,4,6-8,10-11,15,22H,3,5,9,12-13H2,1H3,(H,23,26)(H,24,25). The van der Waals surface area contributed by atoms with Gasteiger partial charge in [0.15, 0.2) is 0 Å². The molecule has 3 rings (SSSR count). The summed E-state index contributed by atoms with van der Waals surface area (Å²) in [6.07, 6.45) is 5.39. The fourth-order valence-electron chi connectivity index (χ4n) is 3.14. The third-order valence-corrected chi connectivity index (χ3v) is 4.65. The minimum absolute atomic E-state index is 0.163. The van der Waals surface area contributed by atoms with Gasteiger partial charge >= 0.3 is 0 Å². The van der Waals surface area contributed by atoms with E-state index < -0.39 is 0 Å². The number of carbonyl (C=O) groups is 2. The first kappa shape index (κ1) is 18.1. The second-order valence-corrected chi connectivity index (χ2v) is 6.61. The fourth-order valence-corrected chi connectivity index (χ4v) is 3.14. The Bertz CT molecular complexity index is 771. The van der Waals surface area contributed by atoms with Gasteiger partial charge in [-0.1, -0.05) is 12.1 Å². The Balaban J connectivity index is 1.72. The van der Waals surface area contributed by atoms with Gasteiger partial charge in [0, 0.05) is 24.5 Å². The van der Waals surface area contributed by atoms with E-state index >= 15 is 0 Å². The molecule has 1 fully saturated rings. The van der Waals surface area contributed by atoms with E-state index in [0.717, 1.165) is 31.5 Å². The molecule has 1 unspecified atom stereocenters. The van der Waals surface area contributed by atoms with Gasteiger partial charge in [-0.15, -0.1) is 0 Å². The van der Waals surface area contributed by atoms with Crippen molar-refractivity contribution in [2.45, 2.75) is 19.8 Å². The van der Waals surface area contributed by atoms with Crippen LogP contribution in [-0.4, -0.2) is 36.4 Å². The highest BCUT2D eigenvalue weighted by molar-refractivity contribution is 6.09. The number of nitrogens with one attached hydrogen (secondary N) is 3. The van der Waals surface area contributed by atoms with Crippen LogP contribution in [0.5, 0.6) is 0 Å². The number of piperidine rings is 1. The minimum Gasteiger partial charge on any atom is -0.352 e. The summed E-state index contributed by atoms with van der Waals surface area (Å²) in [6.45, 7) is 4.49. The normalized spacial score (nSPS) is 16.7. The number of rotatable bonds is 5. The number of benzene rings is 1. The number of anilines is 1. The van der Waals surface area contributed by atoms with Crippen molar-refractivity contribution in [3.05, 3.63) is 59.4 Å². The smallest absolute Gasteiger partial charge is 0.255 e. The Hall–Kier alpha value is -2.73. The van der Waals surface area contributed by atoms with Crippen molar-refractivity contribution in [2.24, 2.45) is 5.92 Å². The lowest BCUT2D eigenvalue weighted by molar-refractivity contribution is 0.0945. The lowest BCUT2D eigenvalue weighted by Crippen LogP contribution is -2.38. The van der Waals surface area contributed by atoms with Crippen LogP contribution in [0, 0.1) is 12.8 Å². The van der Waals surface area contributed by atoms with E-state index in [4.69, 9.17) is 0 Å². The molecule has 1 aromatic carbocycles. The van der Waals surface area contributed by atoms with Crippen LogP contribution in [0.15, 0.2) is 42.7 Å². The van der Waals surface area contributed by atoms with Crippen molar-refractivity contribution >= 4 is 17.5 Å². The molecule has 2 amide bonds. The summed E-state index contributed by atoms with van der Waals surface area (Å²) < 4.78 is 0. The average molecular weight is 352 g/mol. The molecule has 1 aliphatic rings. The van der Waals surface area contributed by atoms with Crippen LogP contribution in [0.2, 0.25) is 0 Å². The first-order valence-electron chi connectivity index (χ1n) is 8.95. The summed E-state index contributed by atoms with van der Waals surface area (Å²) in [6, 6.07) is 8.73. The van der Waals surface area contributed by atoms with E-state index in [1.807, 2.05) is 19.1 Å². The average Bonchev–Trinajstić information content (AvgIpc) is 2.69. The zero-order chi connectivity index (χ0) is 18.4. The predicted molar refractivity (Wildman–Crippen MR) is 101 cm³/mol. The van der Waals surface area contributed by atoms with Gasteiger partial charge in [-0.2, -0.15) is 0 Å². The molecule has 1 aliphatic heterocycles. The molecule has 2 heterocycles. The Morgan fingerprint density at radius 2 is 2.00 bits per heavy atom. The van der Waals surface area contributed by atoms with Crippen molar-refractivity contribution in [2.75, 3.05) is 25.0 Å². The minimum atomic E-state index is -0.257. The molecule has 6 nitrogen and oxygen atoms in total. The van der Waals surface area contributed by atoms with Crippen molar-refractivity contribution in [1.29, 1.82) is 0 Å². The molecule has 0 saturated carbocycles. The third-order valence-electron chi connectivity index (χ3n) is 4.65. The van der Waals surface area contributed by atoms with Gasteiger partial charge in [0.05, 0.1) is 11.3 Å². The molecular formula is C20H24N4O2. The van der Waals surface area contributed by atoms with Crippen LogP contribution in [-0.2, 0) is 0 Å². The fraction of sp³-hybridized carbons (Fsp3) is 0.350. The lowest BCUT2D eigenvalue weighted by atomic mass is 9.99. The largest absolute Gasteiger partial charge is 0.352 e. The van der Waals surface area contributed by atoms with E-state index in [2.05, 4.69) is 20.9 Å². The van der Waals surface area contributed by atoms with Gasteiger partial charge in [0.1, 0.15) is 0 Å². The number of carbonyl (C=O) groups excluding carboxylic acids is 2. The molecule has 1 atom stereocenters. The highest BCUT2D eigenvalue weighted by Crippen LogP contribution is 2.22. The first-order valence-corrected chi connectivity index (χ1v) is 8.95.